The molecule has 0 amide bonds. The lowest BCUT2D eigenvalue weighted by molar-refractivity contribution is -0.0926. The SMILES string of the molecule is CCCC1CC2COCC(C1)N2Cc1ccccc1. The van der Waals surface area contributed by atoms with E-state index >= 15 is 0 Å². The minimum Gasteiger partial charge on any atom is -0.378 e. The van der Waals surface area contributed by atoms with Crippen molar-refractivity contribution in [2.24, 2.45) is 5.92 Å². The number of rotatable bonds is 4. The molecule has 1 aromatic carbocycles. The van der Waals surface area contributed by atoms with E-state index in [2.05, 4.69) is 42.2 Å². The second kappa shape index (κ2) is 6.06. The predicted molar refractivity (Wildman–Crippen MR) is 78.0 cm³/mol. The first-order valence-corrected chi connectivity index (χ1v) is 7.74. The fraction of sp³-hybridized carbons (Fsp3) is 0.647. The van der Waals surface area contributed by atoms with Gasteiger partial charge >= 0.3 is 0 Å². The van der Waals surface area contributed by atoms with Crippen LogP contribution in [0.5, 0.6) is 0 Å². The third-order valence-corrected chi connectivity index (χ3v) is 4.67. The fourth-order valence-corrected chi connectivity index (χ4v) is 3.80. The fourth-order valence-electron chi connectivity index (χ4n) is 3.80. The number of hydrogen-bond acceptors (Lipinski definition) is 2. The molecule has 0 saturated carbocycles. The minimum absolute atomic E-state index is 0.643. The van der Waals surface area contributed by atoms with Crippen molar-refractivity contribution in [2.45, 2.75) is 51.2 Å². The van der Waals surface area contributed by atoms with E-state index in [4.69, 9.17) is 4.74 Å². The molecule has 104 valence electrons. The van der Waals surface area contributed by atoms with E-state index < -0.39 is 0 Å². The Morgan fingerprint density at radius 1 is 1.11 bits per heavy atom. The highest BCUT2D eigenvalue weighted by molar-refractivity contribution is 5.15. The van der Waals surface area contributed by atoms with E-state index in [0.717, 1.165) is 25.7 Å². The first-order chi connectivity index (χ1) is 9.36. The van der Waals surface area contributed by atoms with Crippen LogP contribution in [0.15, 0.2) is 30.3 Å². The van der Waals surface area contributed by atoms with E-state index in [1.807, 2.05) is 0 Å². The first-order valence-electron chi connectivity index (χ1n) is 7.74. The van der Waals surface area contributed by atoms with Crippen LogP contribution >= 0.6 is 0 Å². The van der Waals surface area contributed by atoms with Crippen molar-refractivity contribution in [1.29, 1.82) is 0 Å². The third-order valence-electron chi connectivity index (χ3n) is 4.67. The lowest BCUT2D eigenvalue weighted by Crippen LogP contribution is -2.56. The monoisotopic (exact) mass is 259 g/mol. The van der Waals surface area contributed by atoms with Crippen molar-refractivity contribution in [3.05, 3.63) is 35.9 Å². The summed E-state index contributed by atoms with van der Waals surface area (Å²) in [4.78, 5) is 2.70. The molecule has 2 fully saturated rings. The van der Waals surface area contributed by atoms with Gasteiger partial charge in [-0.15, -0.1) is 0 Å². The summed E-state index contributed by atoms with van der Waals surface area (Å²) >= 11 is 0. The number of morpholine rings is 1. The Bertz CT molecular complexity index is 378. The van der Waals surface area contributed by atoms with Gasteiger partial charge < -0.3 is 4.74 Å². The van der Waals surface area contributed by atoms with Gasteiger partial charge in [0.05, 0.1) is 13.2 Å². The molecule has 3 rings (SSSR count). The van der Waals surface area contributed by atoms with Gasteiger partial charge in [0, 0.05) is 18.6 Å². The second-order valence-corrected chi connectivity index (χ2v) is 6.13. The minimum atomic E-state index is 0.643. The molecular formula is C17H25NO. The van der Waals surface area contributed by atoms with Crippen molar-refractivity contribution in [1.82, 2.24) is 4.90 Å². The molecule has 2 atom stereocenters. The first kappa shape index (κ1) is 13.1. The molecule has 2 heteroatoms. The normalized spacial score (nSPS) is 31.3. The van der Waals surface area contributed by atoms with Crippen LogP contribution in [0.4, 0.5) is 0 Å². The van der Waals surface area contributed by atoms with Crippen LogP contribution in [0, 0.1) is 5.92 Å². The van der Waals surface area contributed by atoms with Gasteiger partial charge in [0.2, 0.25) is 0 Å². The number of hydrogen-bond donors (Lipinski definition) is 0. The van der Waals surface area contributed by atoms with Gasteiger partial charge in [-0.2, -0.15) is 0 Å². The van der Waals surface area contributed by atoms with Crippen LogP contribution in [0.25, 0.3) is 0 Å². The summed E-state index contributed by atoms with van der Waals surface area (Å²) in [5.74, 6) is 0.927. The summed E-state index contributed by atoms with van der Waals surface area (Å²) in [7, 11) is 0. The molecule has 2 aliphatic rings. The van der Waals surface area contributed by atoms with Gasteiger partial charge in [-0.25, -0.2) is 0 Å². The van der Waals surface area contributed by atoms with Gasteiger partial charge in [0.1, 0.15) is 0 Å². The van der Waals surface area contributed by atoms with Crippen LogP contribution in [-0.2, 0) is 11.3 Å². The summed E-state index contributed by atoms with van der Waals surface area (Å²) in [6.45, 7) is 5.27. The molecule has 2 saturated heterocycles. The summed E-state index contributed by atoms with van der Waals surface area (Å²) in [6.07, 6.45) is 5.38. The zero-order valence-corrected chi connectivity index (χ0v) is 11.9. The highest BCUT2D eigenvalue weighted by atomic mass is 16.5. The Labute approximate surface area is 116 Å². The van der Waals surface area contributed by atoms with Crippen molar-refractivity contribution in [3.63, 3.8) is 0 Å². The number of piperidine rings is 1. The van der Waals surface area contributed by atoms with E-state index in [9.17, 15) is 0 Å². The molecule has 0 aromatic heterocycles. The Balaban J connectivity index is 1.68. The largest absolute Gasteiger partial charge is 0.378 e. The maximum atomic E-state index is 5.79. The van der Waals surface area contributed by atoms with Crippen molar-refractivity contribution in [3.8, 4) is 0 Å². The maximum Gasteiger partial charge on any atom is 0.0623 e. The summed E-state index contributed by atoms with van der Waals surface area (Å²) in [5.41, 5.74) is 1.44. The zero-order valence-electron chi connectivity index (χ0n) is 11.9. The Hall–Kier alpha value is -0.860. The van der Waals surface area contributed by atoms with Crippen LogP contribution in [0.1, 0.15) is 38.2 Å². The number of fused-ring (bicyclic) bond motifs is 2. The molecule has 2 heterocycles. The molecule has 0 aliphatic carbocycles. The topological polar surface area (TPSA) is 12.5 Å². The lowest BCUT2D eigenvalue weighted by atomic mass is 9.82. The van der Waals surface area contributed by atoms with Crippen LogP contribution in [0.3, 0.4) is 0 Å². The highest BCUT2D eigenvalue weighted by Crippen LogP contribution is 2.34. The summed E-state index contributed by atoms with van der Waals surface area (Å²) in [5, 5.41) is 0. The molecule has 2 unspecified atom stereocenters. The van der Waals surface area contributed by atoms with Crippen molar-refractivity contribution in [2.75, 3.05) is 13.2 Å². The van der Waals surface area contributed by atoms with Crippen LogP contribution in [0.2, 0.25) is 0 Å². The Morgan fingerprint density at radius 3 is 2.42 bits per heavy atom. The number of nitrogens with zero attached hydrogens (tertiary/aromatic N) is 1. The average molecular weight is 259 g/mol. The van der Waals surface area contributed by atoms with Crippen LogP contribution in [-0.4, -0.2) is 30.2 Å². The Kier molecular flexibility index (Phi) is 4.19. The second-order valence-electron chi connectivity index (χ2n) is 6.13. The molecular weight excluding hydrogens is 234 g/mol. The molecule has 0 spiro atoms. The van der Waals surface area contributed by atoms with E-state index in [0.29, 0.717) is 12.1 Å². The van der Waals surface area contributed by atoms with Crippen molar-refractivity contribution >= 4 is 0 Å². The molecule has 1 aromatic rings. The standard InChI is InChI=1S/C17H25NO/c1-2-6-15-9-16-12-19-13-17(10-15)18(16)11-14-7-4-3-5-8-14/h3-5,7-8,15-17H,2,6,9-13H2,1H3. The smallest absolute Gasteiger partial charge is 0.0623 e. The Morgan fingerprint density at radius 2 is 1.79 bits per heavy atom. The summed E-state index contributed by atoms with van der Waals surface area (Å²) in [6, 6.07) is 12.2. The van der Waals surface area contributed by atoms with Gasteiger partial charge in [-0.3, -0.25) is 4.90 Å². The van der Waals surface area contributed by atoms with Gasteiger partial charge in [-0.05, 0) is 24.3 Å². The molecule has 2 nitrogen and oxygen atoms in total. The molecule has 0 radical (unpaired) electrons. The quantitative estimate of drug-likeness (QED) is 0.821. The highest BCUT2D eigenvalue weighted by Gasteiger charge is 2.38. The molecule has 0 N–H and O–H groups in total. The number of ether oxygens (including phenoxy) is 1. The zero-order chi connectivity index (χ0) is 13.1. The maximum absolute atomic E-state index is 5.79. The van der Waals surface area contributed by atoms with Crippen LogP contribution < -0.4 is 0 Å². The lowest BCUT2D eigenvalue weighted by Gasteiger charge is -2.48. The third kappa shape index (κ3) is 3.01. The molecule has 2 bridgehead atoms. The average Bonchev–Trinajstić information content (AvgIpc) is 2.41. The van der Waals surface area contributed by atoms with E-state index in [1.165, 1.54) is 31.2 Å². The predicted octanol–water partition coefficient (Wildman–Crippen LogP) is 3.47. The van der Waals surface area contributed by atoms with Gasteiger partial charge in [-0.1, -0.05) is 50.1 Å². The van der Waals surface area contributed by atoms with Gasteiger partial charge in [0.25, 0.3) is 0 Å². The van der Waals surface area contributed by atoms with E-state index in [1.54, 1.807) is 0 Å². The van der Waals surface area contributed by atoms with Gasteiger partial charge in [0.15, 0.2) is 0 Å². The molecule has 19 heavy (non-hydrogen) atoms. The summed E-state index contributed by atoms with van der Waals surface area (Å²) < 4.78 is 5.79. The number of benzene rings is 1. The molecule has 2 aliphatic heterocycles. The van der Waals surface area contributed by atoms with Crippen molar-refractivity contribution < 1.29 is 4.74 Å². The van der Waals surface area contributed by atoms with E-state index in [-0.39, 0.29) is 0 Å².